The molecule has 10 heterocycles. The number of carbonyl (C=O) groups is 5. The van der Waals surface area contributed by atoms with Crippen molar-refractivity contribution in [1.82, 2.24) is 21.3 Å². The van der Waals surface area contributed by atoms with Gasteiger partial charge in [0.1, 0.15) is 232 Å². The Hall–Kier alpha value is -4.57. The lowest BCUT2D eigenvalue weighted by Crippen LogP contribution is -2.71. The first-order chi connectivity index (χ1) is 60.9. The largest absolute Gasteiger partial charge is 0.477 e. The number of aliphatic hydroxyl groups is 28. The molecule has 0 aromatic carbocycles. The Labute approximate surface area is 729 Å². The molecule has 0 spiro atoms. The lowest BCUT2D eigenvalue weighted by atomic mass is 9.88. The van der Waals surface area contributed by atoms with Gasteiger partial charge in [0.05, 0.1) is 84.3 Å². The van der Waals surface area contributed by atoms with Gasteiger partial charge in [-0.1, -0.05) is 0 Å². The maximum absolute atomic E-state index is 13.1. The SMILES string of the molecule is CC(=O)N[C@H]1[C@H](O[C@H]2[C@H](O)[C@@H](NC(C)=O)C(O)O[C@@H]2CO)O[C@H](CO)[C@@H](O[C@@H]2O[C@H](CO[C@H]3O[C@H](CO)[C@@H](O)[C@H](O)[C@@H]3O[C@@H]3O[C@H](CO)[C@@H](O[C@@H]4O[C@H](CO[C@]5(C(=O)O)C[C@H](O)[C@@H](NC(C)=O)[C@H]([C@H](O)[C@H](O)CO)O5)[C@H](O)[C@H](O)[C@H]4O)[C@H](O)[C@H]3N)[C@@H](O)[C@H](O[C@H]3O[C@H](CO)[C@@H](O)[C@H](O)[C@@H]3O[C@@H]3O[C@H](CO)[C@@H](O[C@@H]4O[C@H](CO)[C@H](O)[C@H](O)[C@H]4O)[C@H](O)[C@H]3NC(C)=O)[C@@H]2O)[C@@H]1O. The van der Waals surface area contributed by atoms with Crippen LogP contribution in [0.5, 0.6) is 0 Å². The molecule has 1 unspecified atom stereocenters. The van der Waals surface area contributed by atoms with Crippen molar-refractivity contribution in [2.75, 3.05) is 66.1 Å². The van der Waals surface area contributed by atoms with E-state index in [1.54, 1.807) is 0 Å². The zero-order valence-electron chi connectivity index (χ0n) is 69.0. The van der Waals surface area contributed by atoms with Crippen molar-refractivity contribution >= 4 is 29.6 Å². The molecule has 0 aromatic heterocycles. The summed E-state index contributed by atoms with van der Waals surface area (Å²) in [6.07, 6.45) is -97.7. The van der Waals surface area contributed by atoms with E-state index in [0.717, 1.165) is 27.7 Å². The van der Waals surface area contributed by atoms with Gasteiger partial charge < -0.3 is 265 Å². The zero-order valence-corrected chi connectivity index (χ0v) is 69.0. The molecule has 746 valence electrons. The molecule has 10 saturated heterocycles. The van der Waals surface area contributed by atoms with Gasteiger partial charge in [0.2, 0.25) is 23.6 Å². The standard InChI is InChI=1S/C71H119N5O53/c1-16(85)73-32-20(89)5-71(70(109)110,129-57(32)36(91)21(90)6-77)112-15-30-40(95)47(102)51(106)66(121-30)123-53-26(11-82)117-62(31(72)42(53)97)127-59-48(103)38(93)23(8-79)115-68(59)111-14-29-41(96)58(52(107)67(120-29)125-56-28(13-84)118-63(34(44(56)99)75-18(3)87)122-54-25(10-81)113-61(108)33(43(54)98)74-17(2)86)126-69-60(49(104)39(94)24(9-80)116-69)128-64-35(76-19(4)88)45(100)55(27(12-83)119-64)124-65-50(105)46(101)37(92)22(7-78)114-65/h20-69,77-84,89-108H,5-15,72H2,1-4H3,(H,73,85)(H,74,86)(H,75,87)(H,76,88)(H,109,110)/t20-,21+,22+,23+,24+,25+,26+,27+,28+,29+,30+,31+,32+,33+,34+,35+,36+,37-,38+,39+,40-,41+,42+,43+,44+,45+,46-,47-,48-,49-,50+,51+,52-,53+,54+,55+,56+,57+,58-,59-,60-,61?,62-,63-,64-,65-,66-,67-,68-,69+,71+/m0/s1. The number of amides is 4. The number of aliphatic hydroxyl groups excluding tert-OH is 28. The van der Waals surface area contributed by atoms with Crippen LogP contribution in [0.3, 0.4) is 0 Å². The molecule has 10 aliphatic rings. The second-order valence-electron chi connectivity index (χ2n) is 32.5. The van der Waals surface area contributed by atoms with Crippen LogP contribution >= 0.6 is 0 Å². The molecular weight excluding hydrogens is 1770 g/mol. The first-order valence-corrected chi connectivity index (χ1v) is 40.9. The summed E-state index contributed by atoms with van der Waals surface area (Å²) in [7, 11) is 0. The second-order valence-corrected chi connectivity index (χ2v) is 32.5. The average Bonchev–Trinajstić information content (AvgIpc) is 0.767. The summed E-state index contributed by atoms with van der Waals surface area (Å²) in [4.78, 5) is 63.3. The fourth-order valence-corrected chi connectivity index (χ4v) is 16.6. The molecule has 58 heteroatoms. The number of ether oxygens (including phenoxy) is 19. The summed E-state index contributed by atoms with van der Waals surface area (Å²) in [6.45, 7) is -7.76. The first kappa shape index (κ1) is 106. The van der Waals surface area contributed by atoms with Crippen molar-refractivity contribution < 1.29 is 262 Å². The summed E-state index contributed by atoms with van der Waals surface area (Å²) in [5.74, 6) is -8.69. The minimum atomic E-state index is -3.07. The van der Waals surface area contributed by atoms with Crippen LogP contribution in [-0.4, -0.2) is 556 Å². The molecule has 10 rings (SSSR count). The molecule has 129 heavy (non-hydrogen) atoms. The molecular formula is C71H119N5O53. The van der Waals surface area contributed by atoms with E-state index in [-0.39, 0.29) is 0 Å². The minimum absolute atomic E-state index is 0.807. The molecule has 0 aliphatic carbocycles. The van der Waals surface area contributed by atoms with Crippen molar-refractivity contribution in [2.45, 2.75) is 346 Å². The highest BCUT2D eigenvalue weighted by Gasteiger charge is 2.63. The number of carboxylic acid groups (broad SMARTS) is 1. The summed E-state index contributed by atoms with van der Waals surface area (Å²) < 4.78 is 112. The predicted octanol–water partition coefficient (Wildman–Crippen LogP) is -23.1. The van der Waals surface area contributed by atoms with Crippen LogP contribution in [0, 0.1) is 0 Å². The van der Waals surface area contributed by atoms with Gasteiger partial charge in [-0.25, -0.2) is 4.79 Å². The summed E-state index contributed by atoms with van der Waals surface area (Å²) >= 11 is 0. The monoisotopic (exact) mass is 1890 g/mol. The Morgan fingerprint density at radius 1 is 0.341 bits per heavy atom. The van der Waals surface area contributed by atoms with Crippen LogP contribution in [0.2, 0.25) is 0 Å². The van der Waals surface area contributed by atoms with E-state index in [1.165, 1.54) is 0 Å². The topological polar surface area (TPSA) is 922 Å². The number of aliphatic carboxylic acids is 1. The average molecular weight is 1890 g/mol. The van der Waals surface area contributed by atoms with Crippen LogP contribution < -0.4 is 27.0 Å². The van der Waals surface area contributed by atoms with Gasteiger partial charge in [0.25, 0.3) is 5.79 Å². The number of carboxylic acids is 1. The van der Waals surface area contributed by atoms with Crippen LogP contribution in [0.15, 0.2) is 0 Å². The van der Waals surface area contributed by atoms with Gasteiger partial charge in [-0.15, -0.1) is 0 Å². The molecule has 0 aromatic rings. The third kappa shape index (κ3) is 23.5. The molecule has 10 aliphatic heterocycles. The van der Waals surface area contributed by atoms with Gasteiger partial charge >= 0.3 is 5.97 Å². The predicted molar refractivity (Wildman–Crippen MR) is 395 cm³/mol. The van der Waals surface area contributed by atoms with Gasteiger partial charge in [-0.05, 0) is 0 Å². The number of hydrogen-bond acceptors (Lipinski definition) is 53. The van der Waals surface area contributed by atoms with E-state index in [2.05, 4.69) is 21.3 Å². The second kappa shape index (κ2) is 46.1. The fourth-order valence-electron chi connectivity index (χ4n) is 16.6. The smallest absolute Gasteiger partial charge is 0.364 e. The Bertz CT molecular complexity index is 3550. The van der Waals surface area contributed by atoms with Crippen molar-refractivity contribution in [2.24, 2.45) is 5.73 Å². The van der Waals surface area contributed by atoms with Crippen LogP contribution in [0.4, 0.5) is 0 Å². The first-order valence-electron chi connectivity index (χ1n) is 40.9. The molecule has 51 atom stereocenters. The molecule has 0 radical (unpaired) electrons. The van der Waals surface area contributed by atoms with Crippen LogP contribution in [0.1, 0.15) is 34.1 Å². The Morgan fingerprint density at radius 3 is 1.12 bits per heavy atom. The van der Waals surface area contributed by atoms with E-state index in [0.29, 0.717) is 0 Å². The highest BCUT2D eigenvalue weighted by Crippen LogP contribution is 2.42. The summed E-state index contributed by atoms with van der Waals surface area (Å²) in [6, 6.07) is -9.30. The van der Waals surface area contributed by atoms with Crippen molar-refractivity contribution in [1.29, 1.82) is 0 Å². The van der Waals surface area contributed by atoms with Gasteiger partial charge in [-0.3, -0.25) is 19.2 Å². The molecule has 58 nitrogen and oxygen atoms in total. The number of nitrogens with two attached hydrogens (primary N) is 1. The number of nitrogens with one attached hydrogen (secondary N) is 4. The maximum Gasteiger partial charge on any atom is 0.364 e. The van der Waals surface area contributed by atoms with E-state index >= 15 is 0 Å². The maximum atomic E-state index is 13.1. The number of rotatable bonds is 35. The highest BCUT2D eigenvalue weighted by atomic mass is 16.8. The fraction of sp³-hybridized carbons (Fsp3) is 0.930. The van der Waals surface area contributed by atoms with Gasteiger partial charge in [0, 0.05) is 34.1 Å². The molecule has 4 amide bonds. The summed E-state index contributed by atoms with van der Waals surface area (Å²) in [5.41, 5.74) is 6.51. The quantitative estimate of drug-likeness (QED) is 0.0280. The highest BCUT2D eigenvalue weighted by molar-refractivity contribution is 5.77. The molecule has 10 fully saturated rings. The van der Waals surface area contributed by atoms with Crippen molar-refractivity contribution in [3.63, 3.8) is 0 Å². The van der Waals surface area contributed by atoms with Gasteiger partial charge in [-0.2, -0.15) is 0 Å². The van der Waals surface area contributed by atoms with E-state index < -0.39 is 414 Å². The Kier molecular flexibility index (Phi) is 38.0. The zero-order chi connectivity index (χ0) is 95.3. The summed E-state index contributed by atoms with van der Waals surface area (Å²) in [5, 5.41) is 332. The third-order valence-corrected chi connectivity index (χ3v) is 23.5. The normalized spacial score (nSPS) is 48.1. The molecule has 35 N–H and O–H groups in total. The van der Waals surface area contributed by atoms with Crippen molar-refractivity contribution in [3.05, 3.63) is 0 Å². The van der Waals surface area contributed by atoms with E-state index in [4.69, 9.17) is 95.7 Å². The van der Waals surface area contributed by atoms with Gasteiger partial charge in [0.15, 0.2) is 56.6 Å². The third-order valence-electron chi connectivity index (χ3n) is 23.5. The minimum Gasteiger partial charge on any atom is -0.477 e. The lowest BCUT2D eigenvalue weighted by Gasteiger charge is -2.51. The van der Waals surface area contributed by atoms with E-state index in [9.17, 15) is 172 Å². The molecule has 0 saturated carbocycles. The number of carbonyl (C=O) groups excluding carboxylic acids is 4. The molecule has 0 bridgehead atoms. The van der Waals surface area contributed by atoms with Crippen LogP contribution in [-0.2, 0) is 114 Å². The van der Waals surface area contributed by atoms with Crippen molar-refractivity contribution in [3.8, 4) is 0 Å². The van der Waals surface area contributed by atoms with Crippen LogP contribution in [0.25, 0.3) is 0 Å². The Balaban J connectivity index is 0.932. The Morgan fingerprint density at radius 2 is 0.674 bits per heavy atom. The lowest BCUT2D eigenvalue weighted by molar-refractivity contribution is -0.399. The van der Waals surface area contributed by atoms with E-state index in [1.807, 2.05) is 0 Å². The number of hydrogen-bond donors (Lipinski definition) is 34.